The van der Waals surface area contributed by atoms with Crippen molar-refractivity contribution in [2.24, 2.45) is 5.73 Å². The molecule has 2 aliphatic rings. The van der Waals surface area contributed by atoms with Gasteiger partial charge in [0.1, 0.15) is 17.9 Å². The van der Waals surface area contributed by atoms with Crippen molar-refractivity contribution in [1.29, 1.82) is 0 Å². The SMILES string of the molecule is CC1COc2c(N3CC(=C(Cl)CN)C3)c(F)cc3c(=O)c(C(=O)O)cn1c23. The Morgan fingerprint density at radius 2 is 2.19 bits per heavy atom. The topological polar surface area (TPSA) is 97.8 Å². The molecular weight excluding hydrogens is 377 g/mol. The Balaban J connectivity index is 1.95. The molecule has 3 N–H and O–H groups in total. The first-order valence-electron chi connectivity index (χ1n) is 8.42. The zero-order chi connectivity index (χ0) is 19.5. The Morgan fingerprint density at radius 1 is 1.48 bits per heavy atom. The molecule has 0 saturated carbocycles. The number of aromatic carboxylic acids is 1. The summed E-state index contributed by atoms with van der Waals surface area (Å²) in [6.07, 6.45) is 1.30. The molecule has 3 heterocycles. The van der Waals surface area contributed by atoms with Crippen LogP contribution in [0.3, 0.4) is 0 Å². The van der Waals surface area contributed by atoms with E-state index < -0.39 is 22.8 Å². The van der Waals surface area contributed by atoms with E-state index >= 15 is 0 Å². The van der Waals surface area contributed by atoms with E-state index in [1.54, 1.807) is 9.47 Å². The maximum absolute atomic E-state index is 14.9. The van der Waals surface area contributed by atoms with Gasteiger partial charge < -0.3 is 25.0 Å². The number of hydrogen-bond donors (Lipinski definition) is 2. The van der Waals surface area contributed by atoms with Gasteiger partial charge in [-0.15, -0.1) is 0 Å². The summed E-state index contributed by atoms with van der Waals surface area (Å²) in [5.74, 6) is -1.73. The number of aromatic nitrogens is 1. The molecule has 1 aromatic carbocycles. The van der Waals surface area contributed by atoms with Crippen LogP contribution in [0.2, 0.25) is 0 Å². The third-order valence-corrected chi connectivity index (χ3v) is 5.44. The van der Waals surface area contributed by atoms with Crippen LogP contribution in [0.15, 0.2) is 27.7 Å². The standard InChI is InChI=1S/C18H17ClFN3O4/c1-8-7-27-17-14-10(16(24)11(18(25)26)6-23(8)14)2-13(20)15(17)22-4-9(5-22)12(19)3-21/h2,6,8H,3-5,7,21H2,1H3,(H,25,26). The van der Waals surface area contributed by atoms with Gasteiger partial charge in [-0.2, -0.15) is 0 Å². The van der Waals surface area contributed by atoms with Crippen molar-refractivity contribution >= 4 is 34.2 Å². The number of carboxylic acids is 1. The van der Waals surface area contributed by atoms with Gasteiger partial charge in [0.15, 0.2) is 11.6 Å². The summed E-state index contributed by atoms with van der Waals surface area (Å²) in [6.45, 7) is 3.14. The number of anilines is 1. The number of carboxylic acid groups (broad SMARTS) is 1. The van der Waals surface area contributed by atoms with Crippen LogP contribution in [0, 0.1) is 5.82 Å². The molecule has 1 unspecified atom stereocenters. The minimum atomic E-state index is -1.34. The van der Waals surface area contributed by atoms with E-state index in [1.165, 1.54) is 6.20 Å². The lowest BCUT2D eigenvalue weighted by Gasteiger charge is -2.39. The van der Waals surface area contributed by atoms with Crippen LogP contribution in [0.5, 0.6) is 5.75 Å². The number of nitrogens with zero attached hydrogens (tertiary/aromatic N) is 2. The van der Waals surface area contributed by atoms with Gasteiger partial charge >= 0.3 is 5.97 Å². The summed E-state index contributed by atoms with van der Waals surface area (Å²) in [6, 6.07) is 0.892. The average molecular weight is 394 g/mol. The van der Waals surface area contributed by atoms with Gasteiger partial charge in [-0.25, -0.2) is 9.18 Å². The zero-order valence-corrected chi connectivity index (χ0v) is 15.2. The average Bonchev–Trinajstić information content (AvgIpc) is 2.59. The monoisotopic (exact) mass is 393 g/mol. The number of carbonyl (C=O) groups is 1. The molecule has 142 valence electrons. The molecule has 0 bridgehead atoms. The van der Waals surface area contributed by atoms with Gasteiger partial charge in [-0.3, -0.25) is 4.79 Å². The molecule has 9 heteroatoms. The number of benzene rings is 1. The number of hydrogen-bond acceptors (Lipinski definition) is 5. The van der Waals surface area contributed by atoms with Crippen LogP contribution in [0.1, 0.15) is 23.3 Å². The lowest BCUT2D eigenvalue weighted by atomic mass is 10.0. The van der Waals surface area contributed by atoms with Crippen LogP contribution in [-0.4, -0.2) is 41.9 Å². The maximum atomic E-state index is 14.9. The summed E-state index contributed by atoms with van der Waals surface area (Å²) in [4.78, 5) is 25.7. The van der Waals surface area contributed by atoms with Crippen molar-refractivity contribution in [3.05, 3.63) is 44.5 Å². The number of nitrogens with two attached hydrogens (primary N) is 1. The minimum absolute atomic E-state index is 0.00557. The predicted octanol–water partition coefficient (Wildman–Crippen LogP) is 2.06. The molecule has 1 fully saturated rings. The molecule has 2 aromatic rings. The fourth-order valence-corrected chi connectivity index (χ4v) is 3.67. The largest absolute Gasteiger partial charge is 0.487 e. The summed E-state index contributed by atoms with van der Waals surface area (Å²) in [7, 11) is 0. The van der Waals surface area contributed by atoms with Crippen LogP contribution in [0.25, 0.3) is 10.9 Å². The van der Waals surface area contributed by atoms with Crippen molar-refractivity contribution in [1.82, 2.24) is 4.57 Å². The van der Waals surface area contributed by atoms with Gasteiger partial charge in [0.05, 0.1) is 16.9 Å². The third-order valence-electron chi connectivity index (χ3n) is 5.01. The highest BCUT2D eigenvalue weighted by molar-refractivity contribution is 6.30. The Labute approximate surface area is 158 Å². The molecule has 0 amide bonds. The van der Waals surface area contributed by atoms with Gasteiger partial charge in [-0.05, 0) is 18.6 Å². The van der Waals surface area contributed by atoms with Crippen LogP contribution >= 0.6 is 11.6 Å². The maximum Gasteiger partial charge on any atom is 0.341 e. The smallest absolute Gasteiger partial charge is 0.341 e. The molecule has 1 aromatic heterocycles. The fraction of sp³-hybridized carbons (Fsp3) is 0.333. The van der Waals surface area contributed by atoms with Gasteiger partial charge in [0.25, 0.3) is 0 Å². The van der Waals surface area contributed by atoms with E-state index in [-0.39, 0.29) is 36.0 Å². The molecule has 7 nitrogen and oxygen atoms in total. The minimum Gasteiger partial charge on any atom is -0.487 e. The van der Waals surface area contributed by atoms with Gasteiger partial charge in [-0.1, -0.05) is 11.6 Å². The number of halogens is 2. The third kappa shape index (κ3) is 2.59. The van der Waals surface area contributed by atoms with Crippen molar-refractivity contribution in [3.63, 3.8) is 0 Å². The molecule has 2 aliphatic heterocycles. The first-order chi connectivity index (χ1) is 12.8. The second-order valence-corrected chi connectivity index (χ2v) is 7.20. The lowest BCUT2D eigenvalue weighted by molar-refractivity contribution is 0.0694. The van der Waals surface area contributed by atoms with E-state index in [0.29, 0.717) is 23.6 Å². The molecular formula is C18H17ClFN3O4. The summed E-state index contributed by atoms with van der Waals surface area (Å²) in [5, 5.41) is 9.86. The second kappa shape index (κ2) is 6.24. The molecule has 27 heavy (non-hydrogen) atoms. The van der Waals surface area contributed by atoms with Crippen LogP contribution in [0.4, 0.5) is 10.1 Å². The highest BCUT2D eigenvalue weighted by Crippen LogP contribution is 2.44. The first-order valence-corrected chi connectivity index (χ1v) is 8.80. The highest BCUT2D eigenvalue weighted by Gasteiger charge is 2.33. The number of rotatable bonds is 3. The lowest BCUT2D eigenvalue weighted by Crippen LogP contribution is -2.42. The van der Waals surface area contributed by atoms with E-state index in [2.05, 4.69) is 0 Å². The van der Waals surface area contributed by atoms with Crippen molar-refractivity contribution < 1.29 is 19.0 Å². The summed E-state index contributed by atoms with van der Waals surface area (Å²) < 4.78 is 22.4. The van der Waals surface area contributed by atoms with Crippen molar-refractivity contribution in [3.8, 4) is 5.75 Å². The summed E-state index contributed by atoms with van der Waals surface area (Å²) in [5.41, 5.74) is 5.99. The van der Waals surface area contributed by atoms with Crippen LogP contribution < -0.4 is 20.8 Å². The van der Waals surface area contributed by atoms with Crippen molar-refractivity contribution in [2.45, 2.75) is 13.0 Å². The number of pyridine rings is 1. The zero-order valence-electron chi connectivity index (χ0n) is 14.5. The number of ether oxygens (including phenoxy) is 1. The second-order valence-electron chi connectivity index (χ2n) is 6.75. The van der Waals surface area contributed by atoms with E-state index in [4.69, 9.17) is 22.1 Å². The Bertz CT molecular complexity index is 1070. The molecule has 1 saturated heterocycles. The normalized spacial score (nSPS) is 18.3. The molecule has 4 rings (SSSR count). The predicted molar refractivity (Wildman–Crippen MR) is 99.5 cm³/mol. The van der Waals surface area contributed by atoms with E-state index in [1.807, 2.05) is 6.92 Å². The molecule has 1 atom stereocenters. The van der Waals surface area contributed by atoms with E-state index in [0.717, 1.165) is 11.6 Å². The summed E-state index contributed by atoms with van der Waals surface area (Å²) >= 11 is 6.05. The quantitative estimate of drug-likeness (QED) is 0.828. The first kappa shape index (κ1) is 17.8. The van der Waals surface area contributed by atoms with Crippen molar-refractivity contribution in [2.75, 3.05) is 31.1 Å². The highest BCUT2D eigenvalue weighted by atomic mass is 35.5. The molecule has 0 spiro atoms. The van der Waals surface area contributed by atoms with Gasteiger partial charge in [0.2, 0.25) is 5.43 Å². The van der Waals surface area contributed by atoms with Crippen LogP contribution in [-0.2, 0) is 0 Å². The fourth-order valence-electron chi connectivity index (χ4n) is 3.55. The Kier molecular flexibility index (Phi) is 4.12. The van der Waals surface area contributed by atoms with E-state index in [9.17, 15) is 19.1 Å². The Morgan fingerprint density at radius 3 is 2.81 bits per heavy atom. The molecule has 0 aliphatic carbocycles. The Hall–Kier alpha value is -2.58. The van der Waals surface area contributed by atoms with Gasteiger partial charge in [0, 0.05) is 30.9 Å². The molecule has 0 radical (unpaired) electrons.